The maximum absolute atomic E-state index is 13.5. The van der Waals surface area contributed by atoms with Crippen LogP contribution in [0.15, 0.2) is 59.4 Å². The SMILES string of the molecule is CCc1cc2cccc(NC3CCCCC3)c2c(=O)n1-c1ccccc1. The fourth-order valence-corrected chi connectivity index (χ4v) is 4.12. The van der Waals surface area contributed by atoms with E-state index in [0.29, 0.717) is 6.04 Å². The van der Waals surface area contributed by atoms with Gasteiger partial charge in [0, 0.05) is 23.1 Å². The zero-order valence-corrected chi connectivity index (χ0v) is 15.4. The third kappa shape index (κ3) is 3.14. The van der Waals surface area contributed by atoms with Gasteiger partial charge in [-0.2, -0.15) is 0 Å². The standard InChI is InChI=1S/C23H26N2O/c1-2-19-16-17-10-9-15-21(24-18-11-5-3-6-12-18)22(17)23(26)25(19)20-13-7-4-8-14-20/h4,7-10,13-16,18,24H,2-3,5-6,11-12H2,1H3. The van der Waals surface area contributed by atoms with Crippen LogP contribution in [0.25, 0.3) is 16.5 Å². The molecule has 3 aromatic rings. The molecular weight excluding hydrogens is 320 g/mol. The molecule has 0 spiro atoms. The van der Waals surface area contributed by atoms with Crippen molar-refractivity contribution in [3.63, 3.8) is 0 Å². The second kappa shape index (κ2) is 7.36. The summed E-state index contributed by atoms with van der Waals surface area (Å²) in [5.41, 5.74) is 3.03. The summed E-state index contributed by atoms with van der Waals surface area (Å²) < 4.78 is 1.87. The Kier molecular flexibility index (Phi) is 4.79. The molecule has 1 fully saturated rings. The predicted octanol–water partition coefficient (Wildman–Crippen LogP) is 5.30. The number of nitrogens with zero attached hydrogens (tertiary/aromatic N) is 1. The molecule has 1 aliphatic carbocycles. The van der Waals surface area contributed by atoms with Crippen molar-refractivity contribution >= 4 is 16.5 Å². The molecule has 134 valence electrons. The first-order valence-electron chi connectivity index (χ1n) is 9.77. The highest BCUT2D eigenvalue weighted by Crippen LogP contribution is 2.27. The zero-order chi connectivity index (χ0) is 17.9. The number of nitrogens with one attached hydrogen (secondary N) is 1. The van der Waals surface area contributed by atoms with Crippen LogP contribution in [0.1, 0.15) is 44.7 Å². The number of benzene rings is 2. The summed E-state index contributed by atoms with van der Waals surface area (Å²) >= 11 is 0. The highest BCUT2D eigenvalue weighted by molar-refractivity contribution is 5.93. The Hall–Kier alpha value is -2.55. The minimum Gasteiger partial charge on any atom is -0.382 e. The molecule has 0 atom stereocenters. The van der Waals surface area contributed by atoms with Crippen LogP contribution in [0.3, 0.4) is 0 Å². The van der Waals surface area contributed by atoms with Crippen molar-refractivity contribution in [2.24, 2.45) is 0 Å². The topological polar surface area (TPSA) is 34.0 Å². The maximum atomic E-state index is 13.5. The van der Waals surface area contributed by atoms with Gasteiger partial charge in [0.1, 0.15) is 0 Å². The number of pyridine rings is 1. The Morgan fingerprint density at radius 3 is 2.50 bits per heavy atom. The molecule has 0 amide bonds. The molecule has 3 heteroatoms. The molecular formula is C23H26N2O. The summed E-state index contributed by atoms with van der Waals surface area (Å²) in [6.45, 7) is 2.10. The van der Waals surface area contributed by atoms with E-state index >= 15 is 0 Å². The van der Waals surface area contributed by atoms with Crippen LogP contribution in [0.4, 0.5) is 5.69 Å². The first-order chi connectivity index (χ1) is 12.8. The molecule has 26 heavy (non-hydrogen) atoms. The predicted molar refractivity (Wildman–Crippen MR) is 109 cm³/mol. The van der Waals surface area contributed by atoms with Crippen molar-refractivity contribution in [1.29, 1.82) is 0 Å². The number of para-hydroxylation sites is 1. The molecule has 1 N–H and O–H groups in total. The number of aromatic nitrogens is 1. The summed E-state index contributed by atoms with van der Waals surface area (Å²) in [5.74, 6) is 0. The van der Waals surface area contributed by atoms with Crippen LogP contribution >= 0.6 is 0 Å². The lowest BCUT2D eigenvalue weighted by atomic mass is 9.95. The van der Waals surface area contributed by atoms with Gasteiger partial charge < -0.3 is 5.32 Å². The van der Waals surface area contributed by atoms with Crippen LogP contribution in [-0.4, -0.2) is 10.6 Å². The van der Waals surface area contributed by atoms with Crippen molar-refractivity contribution in [2.45, 2.75) is 51.5 Å². The zero-order valence-electron chi connectivity index (χ0n) is 15.4. The largest absolute Gasteiger partial charge is 0.382 e. The van der Waals surface area contributed by atoms with Crippen LogP contribution in [0.2, 0.25) is 0 Å². The number of fused-ring (bicyclic) bond motifs is 1. The van der Waals surface area contributed by atoms with Crippen molar-refractivity contribution in [3.8, 4) is 5.69 Å². The highest BCUT2D eigenvalue weighted by Gasteiger charge is 2.17. The van der Waals surface area contributed by atoms with E-state index in [9.17, 15) is 4.79 Å². The normalized spacial score (nSPS) is 15.3. The van der Waals surface area contributed by atoms with E-state index in [2.05, 4.69) is 36.5 Å². The fourth-order valence-electron chi connectivity index (χ4n) is 4.12. The van der Waals surface area contributed by atoms with Gasteiger partial charge in [-0.1, -0.05) is 56.5 Å². The summed E-state index contributed by atoms with van der Waals surface area (Å²) in [5, 5.41) is 5.50. The number of aryl methyl sites for hydroxylation is 1. The monoisotopic (exact) mass is 346 g/mol. The molecule has 1 aliphatic rings. The summed E-state index contributed by atoms with van der Waals surface area (Å²) in [6, 6.07) is 18.8. The first kappa shape index (κ1) is 16.9. The smallest absolute Gasteiger partial charge is 0.265 e. The number of rotatable bonds is 4. The van der Waals surface area contributed by atoms with Crippen LogP contribution in [0.5, 0.6) is 0 Å². The van der Waals surface area contributed by atoms with Gasteiger partial charge in [0.15, 0.2) is 0 Å². The van der Waals surface area contributed by atoms with E-state index < -0.39 is 0 Å². The third-order valence-corrected chi connectivity index (χ3v) is 5.46. The van der Waals surface area contributed by atoms with Crippen LogP contribution in [0, 0.1) is 0 Å². The minimum atomic E-state index is 0.0736. The van der Waals surface area contributed by atoms with Gasteiger partial charge in [0.05, 0.1) is 5.39 Å². The Balaban J connectivity index is 1.88. The molecule has 0 saturated heterocycles. The highest BCUT2D eigenvalue weighted by atomic mass is 16.1. The van der Waals surface area contributed by atoms with Gasteiger partial charge in [-0.3, -0.25) is 9.36 Å². The van der Waals surface area contributed by atoms with Gasteiger partial charge in [-0.05, 0) is 48.9 Å². The number of hydrogen-bond acceptors (Lipinski definition) is 2. The van der Waals surface area contributed by atoms with E-state index in [1.54, 1.807) is 0 Å². The van der Waals surface area contributed by atoms with Crippen LogP contribution in [-0.2, 0) is 6.42 Å². The van der Waals surface area contributed by atoms with E-state index in [4.69, 9.17) is 0 Å². The van der Waals surface area contributed by atoms with Gasteiger partial charge in [-0.15, -0.1) is 0 Å². The fraction of sp³-hybridized carbons (Fsp3) is 0.348. The molecule has 3 nitrogen and oxygen atoms in total. The molecule has 0 bridgehead atoms. The van der Waals surface area contributed by atoms with Crippen molar-refractivity contribution in [1.82, 2.24) is 4.57 Å². The van der Waals surface area contributed by atoms with Gasteiger partial charge in [0.2, 0.25) is 0 Å². The molecule has 0 unspecified atom stereocenters. The van der Waals surface area contributed by atoms with Gasteiger partial charge in [-0.25, -0.2) is 0 Å². The lowest BCUT2D eigenvalue weighted by molar-refractivity contribution is 0.463. The van der Waals surface area contributed by atoms with Gasteiger partial charge >= 0.3 is 0 Å². The van der Waals surface area contributed by atoms with E-state index in [1.165, 1.54) is 32.1 Å². The quantitative estimate of drug-likeness (QED) is 0.696. The lowest BCUT2D eigenvalue weighted by Crippen LogP contribution is -2.26. The summed E-state index contributed by atoms with van der Waals surface area (Å²) in [7, 11) is 0. The first-order valence-corrected chi connectivity index (χ1v) is 9.77. The van der Waals surface area contributed by atoms with Crippen LogP contribution < -0.4 is 10.9 Å². The Labute approximate surface area is 154 Å². The minimum absolute atomic E-state index is 0.0736. The maximum Gasteiger partial charge on any atom is 0.265 e. The second-order valence-corrected chi connectivity index (χ2v) is 7.21. The van der Waals surface area contributed by atoms with Gasteiger partial charge in [0.25, 0.3) is 5.56 Å². The molecule has 1 aromatic heterocycles. The molecule has 1 heterocycles. The second-order valence-electron chi connectivity index (χ2n) is 7.21. The van der Waals surface area contributed by atoms with Crippen molar-refractivity contribution < 1.29 is 0 Å². The van der Waals surface area contributed by atoms with E-state index in [1.807, 2.05) is 34.9 Å². The van der Waals surface area contributed by atoms with E-state index in [-0.39, 0.29) is 5.56 Å². The summed E-state index contributed by atoms with van der Waals surface area (Å²) in [4.78, 5) is 13.5. The van der Waals surface area contributed by atoms with Crippen molar-refractivity contribution in [3.05, 3.63) is 70.6 Å². The third-order valence-electron chi connectivity index (χ3n) is 5.46. The molecule has 0 radical (unpaired) electrons. The summed E-state index contributed by atoms with van der Waals surface area (Å²) in [6.07, 6.45) is 7.08. The Morgan fingerprint density at radius 1 is 1.00 bits per heavy atom. The average molecular weight is 346 g/mol. The molecule has 1 saturated carbocycles. The number of anilines is 1. The van der Waals surface area contributed by atoms with Crippen molar-refractivity contribution in [2.75, 3.05) is 5.32 Å². The Morgan fingerprint density at radius 2 is 1.77 bits per heavy atom. The number of hydrogen-bond donors (Lipinski definition) is 1. The Bertz CT molecular complexity index is 953. The lowest BCUT2D eigenvalue weighted by Gasteiger charge is -2.25. The molecule has 0 aliphatic heterocycles. The average Bonchev–Trinajstić information content (AvgIpc) is 2.69. The molecule has 2 aromatic carbocycles. The molecule has 4 rings (SSSR count). The van der Waals surface area contributed by atoms with E-state index in [0.717, 1.165) is 34.3 Å².